The van der Waals surface area contributed by atoms with Crippen LogP contribution in [0.2, 0.25) is 0 Å². The van der Waals surface area contributed by atoms with Gasteiger partial charge in [0.1, 0.15) is 12.4 Å². The van der Waals surface area contributed by atoms with Crippen LogP contribution in [0.15, 0.2) is 24.3 Å². The lowest BCUT2D eigenvalue weighted by molar-refractivity contribution is 0.0247. The third-order valence-electron chi connectivity index (χ3n) is 1.98. The van der Waals surface area contributed by atoms with E-state index in [2.05, 4.69) is 0 Å². The summed E-state index contributed by atoms with van der Waals surface area (Å²) in [7, 11) is 0. The van der Waals surface area contributed by atoms with Crippen LogP contribution in [0.3, 0.4) is 0 Å². The van der Waals surface area contributed by atoms with E-state index in [0.29, 0.717) is 33.0 Å². The predicted molar refractivity (Wildman–Crippen MR) is 64.1 cm³/mol. The van der Waals surface area contributed by atoms with Gasteiger partial charge in [0.05, 0.1) is 33.0 Å². The smallest absolute Gasteiger partial charge is 0.119 e. The highest BCUT2D eigenvalue weighted by atomic mass is 16.5. The molecule has 0 atom stereocenters. The van der Waals surface area contributed by atoms with Gasteiger partial charge in [0.15, 0.2) is 0 Å². The molecule has 94 valence electrons. The maximum Gasteiger partial charge on any atom is 0.119 e. The van der Waals surface area contributed by atoms with Crippen molar-refractivity contribution < 1.29 is 19.3 Å². The second-order valence-corrected chi connectivity index (χ2v) is 3.37. The highest BCUT2D eigenvalue weighted by molar-refractivity contribution is 5.28. The van der Waals surface area contributed by atoms with Gasteiger partial charge in [-0.2, -0.15) is 0 Å². The molecule has 1 aromatic carbocycles. The summed E-state index contributed by atoms with van der Waals surface area (Å²) >= 11 is 0. The van der Waals surface area contributed by atoms with E-state index in [-0.39, 0.29) is 6.61 Å². The fourth-order valence-electron chi connectivity index (χ4n) is 1.17. The summed E-state index contributed by atoms with van der Waals surface area (Å²) in [5.74, 6) is 0.777. The van der Waals surface area contributed by atoms with Crippen molar-refractivity contribution in [3.8, 4) is 5.75 Å². The summed E-state index contributed by atoms with van der Waals surface area (Å²) in [5, 5.41) is 8.46. The molecule has 0 heterocycles. The molecule has 0 aliphatic heterocycles. The standard InChI is InChI=1S/C13H18O4/c1-12-2-4-13(5-3-12)17-11-10-16-9-8-15-7-6-14/h1-5,14H,6-11H2. The molecule has 4 heteroatoms. The topological polar surface area (TPSA) is 47.9 Å². The summed E-state index contributed by atoms with van der Waals surface area (Å²) in [5.41, 5.74) is 0.717. The minimum atomic E-state index is 0.0419. The third-order valence-corrected chi connectivity index (χ3v) is 1.98. The number of hydrogen-bond donors (Lipinski definition) is 1. The average Bonchev–Trinajstić information content (AvgIpc) is 2.35. The zero-order valence-corrected chi connectivity index (χ0v) is 9.80. The van der Waals surface area contributed by atoms with Crippen LogP contribution < -0.4 is 4.74 Å². The molecule has 0 saturated carbocycles. The highest BCUT2D eigenvalue weighted by Crippen LogP contribution is 2.10. The van der Waals surface area contributed by atoms with Gasteiger partial charge in [0.2, 0.25) is 0 Å². The van der Waals surface area contributed by atoms with Crippen LogP contribution in [0.1, 0.15) is 5.56 Å². The van der Waals surface area contributed by atoms with E-state index in [4.69, 9.17) is 26.2 Å². The molecule has 17 heavy (non-hydrogen) atoms. The first-order chi connectivity index (χ1) is 8.33. The Kier molecular flexibility index (Phi) is 7.38. The molecule has 0 bridgehead atoms. The SMILES string of the molecule is [CH]c1ccc(OCCOCCOCCO)cc1. The fraction of sp³-hybridized carbons (Fsp3) is 0.462. The Morgan fingerprint density at radius 3 is 2.12 bits per heavy atom. The Labute approximate surface area is 102 Å². The lowest BCUT2D eigenvalue weighted by Gasteiger charge is -2.07. The molecule has 0 saturated heterocycles. The lowest BCUT2D eigenvalue weighted by atomic mass is 10.2. The maximum absolute atomic E-state index is 8.46. The number of hydrogen-bond acceptors (Lipinski definition) is 4. The van der Waals surface area contributed by atoms with Crippen molar-refractivity contribution in [2.24, 2.45) is 0 Å². The number of ether oxygens (including phenoxy) is 3. The largest absolute Gasteiger partial charge is 0.491 e. The lowest BCUT2D eigenvalue weighted by Crippen LogP contribution is -2.11. The summed E-state index contributed by atoms with van der Waals surface area (Å²) in [6.45, 7) is 7.93. The minimum absolute atomic E-state index is 0.0419. The Morgan fingerprint density at radius 1 is 0.882 bits per heavy atom. The quantitative estimate of drug-likeness (QED) is 0.656. The van der Waals surface area contributed by atoms with Gasteiger partial charge in [-0.1, -0.05) is 12.1 Å². The monoisotopic (exact) mass is 238 g/mol. The van der Waals surface area contributed by atoms with Crippen LogP contribution in [0.25, 0.3) is 0 Å². The van der Waals surface area contributed by atoms with Gasteiger partial charge in [-0.05, 0) is 24.6 Å². The van der Waals surface area contributed by atoms with E-state index >= 15 is 0 Å². The van der Waals surface area contributed by atoms with E-state index in [1.165, 1.54) is 0 Å². The van der Waals surface area contributed by atoms with Crippen molar-refractivity contribution in [2.45, 2.75) is 0 Å². The Hall–Kier alpha value is -1.10. The summed E-state index contributed by atoms with van der Waals surface area (Å²) in [6.07, 6.45) is 0. The van der Waals surface area contributed by atoms with Crippen LogP contribution in [0.4, 0.5) is 0 Å². The van der Waals surface area contributed by atoms with Crippen LogP contribution in [0, 0.1) is 6.92 Å². The average molecular weight is 238 g/mol. The first-order valence-corrected chi connectivity index (χ1v) is 5.57. The molecule has 0 fully saturated rings. The number of aliphatic hydroxyl groups excluding tert-OH is 1. The van der Waals surface area contributed by atoms with Crippen LogP contribution in [-0.4, -0.2) is 44.7 Å². The van der Waals surface area contributed by atoms with E-state index in [9.17, 15) is 0 Å². The Morgan fingerprint density at radius 2 is 1.47 bits per heavy atom. The molecular weight excluding hydrogens is 220 g/mol. The zero-order valence-electron chi connectivity index (χ0n) is 9.80. The van der Waals surface area contributed by atoms with Crippen molar-refractivity contribution >= 4 is 0 Å². The second-order valence-electron chi connectivity index (χ2n) is 3.37. The molecule has 0 aliphatic carbocycles. The molecule has 0 aliphatic rings. The molecule has 4 nitrogen and oxygen atoms in total. The number of aliphatic hydroxyl groups is 1. The van der Waals surface area contributed by atoms with Crippen LogP contribution >= 0.6 is 0 Å². The maximum atomic E-state index is 8.46. The molecule has 0 aromatic heterocycles. The molecule has 1 aromatic rings. The van der Waals surface area contributed by atoms with Gasteiger partial charge in [-0.3, -0.25) is 0 Å². The molecule has 1 rings (SSSR count). The highest BCUT2D eigenvalue weighted by Gasteiger charge is 1.93. The predicted octanol–water partition coefficient (Wildman–Crippen LogP) is 1.15. The Bertz CT molecular complexity index is 284. The second kappa shape index (κ2) is 8.98. The van der Waals surface area contributed by atoms with E-state index in [1.54, 1.807) is 12.1 Å². The molecule has 0 amide bonds. The summed E-state index contributed by atoms with van der Waals surface area (Å²) in [4.78, 5) is 0. The minimum Gasteiger partial charge on any atom is -0.491 e. The number of benzene rings is 1. The van der Waals surface area contributed by atoms with Gasteiger partial charge in [-0.15, -0.1) is 0 Å². The zero-order chi connectivity index (χ0) is 12.3. The van der Waals surface area contributed by atoms with Crippen molar-refractivity contribution in [3.05, 3.63) is 36.8 Å². The third kappa shape index (κ3) is 6.94. The van der Waals surface area contributed by atoms with Crippen molar-refractivity contribution in [2.75, 3.05) is 39.6 Å². The van der Waals surface area contributed by atoms with Gasteiger partial charge >= 0.3 is 0 Å². The summed E-state index contributed by atoms with van der Waals surface area (Å²) in [6, 6.07) is 7.22. The van der Waals surface area contributed by atoms with Crippen molar-refractivity contribution in [1.29, 1.82) is 0 Å². The fourth-order valence-corrected chi connectivity index (χ4v) is 1.17. The van der Waals surface area contributed by atoms with Crippen LogP contribution in [-0.2, 0) is 9.47 Å². The van der Waals surface area contributed by atoms with E-state index in [0.717, 1.165) is 11.3 Å². The van der Waals surface area contributed by atoms with Gasteiger partial charge in [0.25, 0.3) is 0 Å². The first kappa shape index (κ1) is 14.0. The van der Waals surface area contributed by atoms with Crippen LogP contribution in [0.5, 0.6) is 5.75 Å². The van der Waals surface area contributed by atoms with Crippen molar-refractivity contribution in [1.82, 2.24) is 0 Å². The molecule has 0 spiro atoms. The van der Waals surface area contributed by atoms with Crippen molar-refractivity contribution in [3.63, 3.8) is 0 Å². The molecule has 2 radical (unpaired) electrons. The normalized spacial score (nSPS) is 10.5. The van der Waals surface area contributed by atoms with Gasteiger partial charge in [0, 0.05) is 0 Å². The van der Waals surface area contributed by atoms with E-state index in [1.807, 2.05) is 12.1 Å². The molecule has 0 unspecified atom stereocenters. The Balaban J connectivity index is 1.95. The van der Waals surface area contributed by atoms with Gasteiger partial charge in [-0.25, -0.2) is 0 Å². The molecular formula is C13H18O4. The summed E-state index contributed by atoms with van der Waals surface area (Å²) < 4.78 is 15.7. The van der Waals surface area contributed by atoms with Gasteiger partial charge < -0.3 is 19.3 Å². The first-order valence-electron chi connectivity index (χ1n) is 5.57. The van der Waals surface area contributed by atoms with E-state index < -0.39 is 0 Å². The number of rotatable bonds is 9. The molecule has 1 N–H and O–H groups in total.